The fraction of sp³-hybridized carbons (Fsp3) is 0. The number of imide groups is 1. The number of nitrogens with one attached hydrogen (secondary N) is 1. The van der Waals surface area contributed by atoms with Crippen LogP contribution in [0, 0.1) is 0 Å². The lowest BCUT2D eigenvalue weighted by atomic mass is 10.3. The van der Waals surface area contributed by atoms with Crippen LogP contribution in [0.15, 0.2) is 24.5 Å². The van der Waals surface area contributed by atoms with Crippen LogP contribution in [0.1, 0.15) is 10.4 Å². The Balaban J connectivity index is 2.73. The minimum atomic E-state index is -1.62. The van der Waals surface area contributed by atoms with Crippen LogP contribution in [0.5, 0.6) is 0 Å². The van der Waals surface area contributed by atoms with E-state index in [0.29, 0.717) is 0 Å². The Kier molecular flexibility index (Phi) is 2.37. The van der Waals surface area contributed by atoms with Gasteiger partial charge >= 0.3 is 0 Å². The Morgan fingerprint density at radius 1 is 1.50 bits per heavy atom. The summed E-state index contributed by atoms with van der Waals surface area (Å²) in [7, 11) is 0. The summed E-state index contributed by atoms with van der Waals surface area (Å²) < 4.78 is 0. The lowest BCUT2D eigenvalue weighted by Crippen LogP contribution is -2.40. The zero-order valence-electron chi connectivity index (χ0n) is 5.98. The van der Waals surface area contributed by atoms with E-state index in [2.05, 4.69) is 4.98 Å². The van der Waals surface area contributed by atoms with Gasteiger partial charge in [0.25, 0.3) is 5.91 Å². The third-order valence-corrected chi connectivity index (χ3v) is 1.14. The van der Waals surface area contributed by atoms with Gasteiger partial charge in [0.2, 0.25) is 0 Å². The number of nitrogens with zero attached hydrogens (tertiary/aromatic N) is 1. The molecule has 0 aliphatic carbocycles. The molecule has 0 saturated heterocycles. The molecule has 5 nitrogen and oxygen atoms in total. The van der Waals surface area contributed by atoms with Crippen molar-refractivity contribution in [1.82, 2.24) is 10.3 Å². The average molecular weight is 165 g/mol. The normalized spacial score (nSPS) is 9.00. The molecule has 0 fully saturated rings. The van der Waals surface area contributed by atoms with Crippen LogP contribution < -0.4 is 10.4 Å². The van der Waals surface area contributed by atoms with Crippen LogP contribution >= 0.6 is 0 Å². The van der Waals surface area contributed by atoms with Crippen LogP contribution in [0.25, 0.3) is 0 Å². The Hall–Kier alpha value is -1.91. The number of amides is 2. The molecule has 1 rings (SSSR count). The highest BCUT2D eigenvalue weighted by Crippen LogP contribution is 1.93. The van der Waals surface area contributed by atoms with Gasteiger partial charge in [0.15, 0.2) is 0 Å². The van der Waals surface area contributed by atoms with Crippen LogP contribution in [0.4, 0.5) is 4.79 Å². The molecule has 1 heterocycles. The van der Waals surface area contributed by atoms with Crippen LogP contribution in [-0.4, -0.2) is 17.0 Å². The molecule has 0 aromatic carbocycles. The highest BCUT2D eigenvalue weighted by molar-refractivity contribution is 6.01. The minimum Gasteiger partial charge on any atom is -0.530 e. The zero-order valence-corrected chi connectivity index (χ0v) is 5.98. The highest BCUT2D eigenvalue weighted by Gasteiger charge is 2.02. The third kappa shape index (κ3) is 2.05. The van der Waals surface area contributed by atoms with E-state index in [1.54, 1.807) is 5.32 Å². The largest absolute Gasteiger partial charge is 0.530 e. The van der Waals surface area contributed by atoms with Gasteiger partial charge in [-0.15, -0.1) is 0 Å². The lowest BCUT2D eigenvalue weighted by Gasteiger charge is -2.03. The molecule has 1 aromatic rings. The summed E-state index contributed by atoms with van der Waals surface area (Å²) in [5, 5.41) is 11.5. The van der Waals surface area contributed by atoms with Crippen molar-refractivity contribution in [3.05, 3.63) is 30.1 Å². The third-order valence-electron chi connectivity index (χ3n) is 1.14. The molecule has 1 N–H and O–H groups in total. The van der Waals surface area contributed by atoms with Crippen molar-refractivity contribution in [2.75, 3.05) is 0 Å². The standard InChI is InChI=1S/C7H6N2O3/c10-6(9-7(11)12)5-2-1-3-8-4-5/h1-4H,(H,9,10)(H,11,12)/p-1. The van der Waals surface area contributed by atoms with E-state index in [1.165, 1.54) is 24.5 Å². The number of rotatable bonds is 1. The summed E-state index contributed by atoms with van der Waals surface area (Å²) in [5.74, 6) is -0.733. The van der Waals surface area contributed by atoms with E-state index >= 15 is 0 Å². The van der Waals surface area contributed by atoms with Crippen molar-refractivity contribution >= 4 is 12.0 Å². The van der Waals surface area contributed by atoms with Crippen LogP contribution in [0.2, 0.25) is 0 Å². The van der Waals surface area contributed by atoms with E-state index in [0.717, 1.165) is 0 Å². The molecular formula is C7H5N2O3-. The van der Waals surface area contributed by atoms with Gasteiger partial charge in [-0.1, -0.05) is 0 Å². The van der Waals surface area contributed by atoms with E-state index in [1.807, 2.05) is 0 Å². The predicted octanol–water partition coefficient (Wildman–Crippen LogP) is -0.845. The van der Waals surface area contributed by atoms with Crippen molar-refractivity contribution in [1.29, 1.82) is 0 Å². The zero-order chi connectivity index (χ0) is 8.97. The first-order valence-electron chi connectivity index (χ1n) is 3.12. The topological polar surface area (TPSA) is 82.1 Å². The van der Waals surface area contributed by atoms with E-state index in [4.69, 9.17) is 0 Å². The van der Waals surface area contributed by atoms with Crippen molar-refractivity contribution < 1.29 is 14.7 Å². The number of aromatic nitrogens is 1. The van der Waals surface area contributed by atoms with Gasteiger partial charge in [0, 0.05) is 12.4 Å². The number of pyridine rings is 1. The molecule has 2 amide bonds. The molecule has 0 spiro atoms. The molecule has 0 unspecified atom stereocenters. The Bertz CT molecular complexity index is 297. The number of hydrogen-bond donors (Lipinski definition) is 1. The maximum Gasteiger partial charge on any atom is 0.258 e. The number of carbonyl (C=O) groups excluding carboxylic acids is 2. The first kappa shape index (κ1) is 8.19. The van der Waals surface area contributed by atoms with E-state index in [-0.39, 0.29) is 5.56 Å². The van der Waals surface area contributed by atoms with Crippen molar-refractivity contribution in [3.8, 4) is 0 Å². The quantitative estimate of drug-likeness (QED) is 0.587. The summed E-state index contributed by atoms with van der Waals surface area (Å²) in [6.45, 7) is 0. The van der Waals surface area contributed by atoms with E-state index in [9.17, 15) is 14.7 Å². The summed E-state index contributed by atoms with van der Waals surface area (Å²) in [6, 6.07) is 2.98. The summed E-state index contributed by atoms with van der Waals surface area (Å²) >= 11 is 0. The molecule has 1 aromatic heterocycles. The van der Waals surface area contributed by atoms with Gasteiger partial charge in [-0.3, -0.25) is 9.78 Å². The number of hydrogen-bond acceptors (Lipinski definition) is 4. The molecule has 0 aliphatic heterocycles. The molecule has 0 bridgehead atoms. The van der Waals surface area contributed by atoms with Crippen molar-refractivity contribution in [3.63, 3.8) is 0 Å². The fourth-order valence-corrected chi connectivity index (χ4v) is 0.662. The van der Waals surface area contributed by atoms with E-state index < -0.39 is 12.0 Å². The van der Waals surface area contributed by atoms with Gasteiger partial charge in [-0.05, 0) is 12.1 Å². The Labute approximate surface area is 68.0 Å². The SMILES string of the molecule is O=C([O-])NC(=O)c1cccnc1. The van der Waals surface area contributed by atoms with Crippen molar-refractivity contribution in [2.45, 2.75) is 0 Å². The molecule has 12 heavy (non-hydrogen) atoms. The lowest BCUT2D eigenvalue weighted by molar-refractivity contribution is -0.249. The minimum absolute atomic E-state index is 0.182. The van der Waals surface area contributed by atoms with Gasteiger partial charge in [-0.2, -0.15) is 0 Å². The molecule has 0 radical (unpaired) electrons. The van der Waals surface area contributed by atoms with Crippen LogP contribution in [0.3, 0.4) is 0 Å². The molecule has 0 aliphatic rings. The van der Waals surface area contributed by atoms with Gasteiger partial charge < -0.3 is 15.2 Å². The first-order valence-corrected chi connectivity index (χ1v) is 3.12. The Morgan fingerprint density at radius 2 is 2.25 bits per heavy atom. The van der Waals surface area contributed by atoms with Gasteiger partial charge in [-0.25, -0.2) is 0 Å². The monoisotopic (exact) mass is 165 g/mol. The van der Waals surface area contributed by atoms with Crippen LogP contribution in [-0.2, 0) is 0 Å². The first-order chi connectivity index (χ1) is 5.70. The fourth-order valence-electron chi connectivity index (χ4n) is 0.662. The molecular weight excluding hydrogens is 160 g/mol. The maximum absolute atomic E-state index is 10.9. The molecule has 62 valence electrons. The highest BCUT2D eigenvalue weighted by atomic mass is 16.4. The average Bonchev–Trinajstić information content (AvgIpc) is 2.05. The second-order valence-corrected chi connectivity index (χ2v) is 1.98. The molecule has 0 saturated carbocycles. The summed E-state index contributed by atoms with van der Waals surface area (Å²) in [4.78, 5) is 24.4. The predicted molar refractivity (Wildman–Crippen MR) is 37.1 cm³/mol. The Morgan fingerprint density at radius 3 is 2.75 bits per heavy atom. The second-order valence-electron chi connectivity index (χ2n) is 1.98. The maximum atomic E-state index is 10.9. The number of carboxylic acid groups (broad SMARTS) is 1. The molecule has 5 heteroatoms. The summed E-state index contributed by atoms with van der Waals surface area (Å²) in [5.41, 5.74) is 0.182. The number of carbonyl (C=O) groups is 2. The smallest absolute Gasteiger partial charge is 0.258 e. The second kappa shape index (κ2) is 3.47. The van der Waals surface area contributed by atoms with Gasteiger partial charge in [0.05, 0.1) is 5.56 Å². The molecule has 0 atom stereocenters. The van der Waals surface area contributed by atoms with Crippen molar-refractivity contribution in [2.24, 2.45) is 0 Å². The summed E-state index contributed by atoms with van der Waals surface area (Å²) in [6.07, 6.45) is 1.12. The van der Waals surface area contributed by atoms with Gasteiger partial charge in [0.1, 0.15) is 6.09 Å².